The van der Waals surface area contributed by atoms with Gasteiger partial charge in [-0.25, -0.2) is 0 Å². The molecule has 0 saturated carbocycles. The van der Waals surface area contributed by atoms with Crippen LogP contribution in [0.3, 0.4) is 0 Å². The minimum Gasteiger partial charge on any atom is -0.338 e. The third kappa shape index (κ3) is 2.62. The summed E-state index contributed by atoms with van der Waals surface area (Å²) < 4.78 is 4.99. The minimum absolute atomic E-state index is 0.0339. The zero-order valence-corrected chi connectivity index (χ0v) is 9.79. The van der Waals surface area contributed by atoms with Crippen molar-refractivity contribution in [2.75, 3.05) is 11.9 Å². The standard InChI is InChI=1S/C11H12N4O3/c1-2-7-12-11-13-10(14-18-11)8-3-5-9(6-4-8)15(16)17/h3-6H,2,7H2,1H3,(H,12,13,14). The highest BCUT2D eigenvalue weighted by atomic mass is 16.6. The van der Waals surface area contributed by atoms with Crippen molar-refractivity contribution in [2.24, 2.45) is 0 Å². The van der Waals surface area contributed by atoms with Crippen LogP contribution >= 0.6 is 0 Å². The van der Waals surface area contributed by atoms with Crippen molar-refractivity contribution >= 4 is 11.7 Å². The first-order valence-corrected chi connectivity index (χ1v) is 5.53. The Morgan fingerprint density at radius 1 is 1.39 bits per heavy atom. The number of rotatable bonds is 5. The molecule has 1 N–H and O–H groups in total. The second kappa shape index (κ2) is 5.26. The van der Waals surface area contributed by atoms with Gasteiger partial charge >= 0.3 is 6.01 Å². The molecule has 1 heterocycles. The van der Waals surface area contributed by atoms with Crippen LogP contribution in [0.4, 0.5) is 11.7 Å². The van der Waals surface area contributed by atoms with Crippen molar-refractivity contribution in [3.63, 3.8) is 0 Å². The summed E-state index contributed by atoms with van der Waals surface area (Å²) in [6.07, 6.45) is 0.954. The van der Waals surface area contributed by atoms with Crippen molar-refractivity contribution in [1.29, 1.82) is 0 Å². The third-order valence-corrected chi connectivity index (χ3v) is 2.29. The van der Waals surface area contributed by atoms with Gasteiger partial charge in [-0.2, -0.15) is 4.98 Å². The number of nitro groups is 1. The summed E-state index contributed by atoms with van der Waals surface area (Å²) in [4.78, 5) is 14.2. The molecule has 0 unspecified atom stereocenters. The topological polar surface area (TPSA) is 94.1 Å². The van der Waals surface area contributed by atoms with E-state index < -0.39 is 4.92 Å². The average Bonchev–Trinajstić information content (AvgIpc) is 2.85. The fraction of sp³-hybridized carbons (Fsp3) is 0.273. The van der Waals surface area contributed by atoms with E-state index in [1.165, 1.54) is 12.1 Å². The van der Waals surface area contributed by atoms with Crippen LogP contribution in [0.5, 0.6) is 0 Å². The normalized spacial score (nSPS) is 10.3. The van der Waals surface area contributed by atoms with Gasteiger partial charge in [0.1, 0.15) is 0 Å². The van der Waals surface area contributed by atoms with E-state index in [0.29, 0.717) is 17.4 Å². The molecule has 1 aromatic heterocycles. The lowest BCUT2D eigenvalue weighted by Gasteiger charge is -1.95. The van der Waals surface area contributed by atoms with Gasteiger partial charge in [0.25, 0.3) is 5.69 Å². The van der Waals surface area contributed by atoms with Crippen LogP contribution < -0.4 is 5.32 Å². The highest BCUT2D eigenvalue weighted by molar-refractivity contribution is 5.57. The Bertz CT molecular complexity index is 535. The monoisotopic (exact) mass is 248 g/mol. The van der Waals surface area contributed by atoms with Crippen LogP contribution in [-0.2, 0) is 0 Å². The van der Waals surface area contributed by atoms with Crippen LogP contribution in [0.15, 0.2) is 28.8 Å². The van der Waals surface area contributed by atoms with E-state index in [-0.39, 0.29) is 5.69 Å². The number of hydrogen-bond acceptors (Lipinski definition) is 6. The maximum atomic E-state index is 10.5. The van der Waals surface area contributed by atoms with Crippen molar-refractivity contribution < 1.29 is 9.45 Å². The molecule has 0 amide bonds. The van der Waals surface area contributed by atoms with E-state index in [0.717, 1.165) is 13.0 Å². The summed E-state index contributed by atoms with van der Waals surface area (Å²) in [5, 5.41) is 17.3. The molecule has 2 rings (SSSR count). The summed E-state index contributed by atoms with van der Waals surface area (Å²) >= 11 is 0. The van der Waals surface area contributed by atoms with E-state index in [2.05, 4.69) is 15.5 Å². The molecule has 0 aliphatic rings. The lowest BCUT2D eigenvalue weighted by molar-refractivity contribution is -0.384. The van der Waals surface area contributed by atoms with Gasteiger partial charge in [0.15, 0.2) is 0 Å². The first-order valence-electron chi connectivity index (χ1n) is 5.53. The second-order valence-corrected chi connectivity index (χ2v) is 3.65. The van der Waals surface area contributed by atoms with Gasteiger partial charge in [-0.15, -0.1) is 0 Å². The van der Waals surface area contributed by atoms with Crippen LogP contribution in [0.25, 0.3) is 11.4 Å². The first kappa shape index (κ1) is 12.0. The molecule has 0 saturated heterocycles. The Labute approximate surface area is 103 Å². The van der Waals surface area contributed by atoms with Crippen LogP contribution in [0.2, 0.25) is 0 Å². The highest BCUT2D eigenvalue weighted by Crippen LogP contribution is 2.20. The number of nitrogens with zero attached hydrogens (tertiary/aromatic N) is 3. The van der Waals surface area contributed by atoms with E-state index in [1.807, 2.05) is 6.92 Å². The average molecular weight is 248 g/mol. The van der Waals surface area contributed by atoms with Crippen molar-refractivity contribution in [3.05, 3.63) is 34.4 Å². The zero-order chi connectivity index (χ0) is 13.0. The number of non-ortho nitro benzene ring substituents is 1. The van der Waals surface area contributed by atoms with Crippen molar-refractivity contribution in [3.8, 4) is 11.4 Å². The summed E-state index contributed by atoms with van der Waals surface area (Å²) in [5.74, 6) is 0.406. The Hall–Kier alpha value is -2.44. The third-order valence-electron chi connectivity index (χ3n) is 2.29. The number of hydrogen-bond donors (Lipinski definition) is 1. The van der Waals surface area contributed by atoms with Gasteiger partial charge in [0, 0.05) is 24.2 Å². The molecule has 0 radical (unpaired) electrons. The van der Waals surface area contributed by atoms with E-state index in [4.69, 9.17) is 4.52 Å². The van der Waals surface area contributed by atoms with Gasteiger partial charge in [0.05, 0.1) is 4.92 Å². The van der Waals surface area contributed by atoms with E-state index in [9.17, 15) is 10.1 Å². The van der Waals surface area contributed by atoms with Crippen LogP contribution in [-0.4, -0.2) is 21.6 Å². The van der Waals surface area contributed by atoms with Gasteiger partial charge in [0.2, 0.25) is 5.82 Å². The van der Waals surface area contributed by atoms with Crippen molar-refractivity contribution in [2.45, 2.75) is 13.3 Å². The second-order valence-electron chi connectivity index (χ2n) is 3.65. The molecule has 0 atom stereocenters. The highest BCUT2D eigenvalue weighted by Gasteiger charge is 2.10. The number of anilines is 1. The predicted molar refractivity (Wildman–Crippen MR) is 65.2 cm³/mol. The van der Waals surface area contributed by atoms with E-state index in [1.54, 1.807) is 12.1 Å². The predicted octanol–water partition coefficient (Wildman–Crippen LogP) is 2.47. The molecule has 0 aliphatic heterocycles. The molecule has 0 spiro atoms. The fourth-order valence-electron chi connectivity index (χ4n) is 1.38. The number of aromatic nitrogens is 2. The van der Waals surface area contributed by atoms with E-state index >= 15 is 0 Å². The van der Waals surface area contributed by atoms with Crippen LogP contribution in [0, 0.1) is 10.1 Å². The Kier molecular flexibility index (Phi) is 3.52. The molecule has 0 bridgehead atoms. The van der Waals surface area contributed by atoms with Crippen LogP contribution in [0.1, 0.15) is 13.3 Å². The SMILES string of the molecule is CCCNc1nc(-c2ccc([N+](=O)[O-])cc2)no1. The molecule has 2 aromatic rings. The smallest absolute Gasteiger partial charge is 0.321 e. The van der Waals surface area contributed by atoms with Gasteiger partial charge in [-0.3, -0.25) is 10.1 Å². The molecular formula is C11H12N4O3. The zero-order valence-electron chi connectivity index (χ0n) is 9.79. The summed E-state index contributed by atoms with van der Waals surface area (Å²) in [5.41, 5.74) is 0.709. The Morgan fingerprint density at radius 3 is 2.72 bits per heavy atom. The maximum Gasteiger partial charge on any atom is 0.321 e. The number of benzene rings is 1. The number of nitro benzene ring substituents is 1. The lowest BCUT2D eigenvalue weighted by Crippen LogP contribution is -1.99. The maximum absolute atomic E-state index is 10.5. The largest absolute Gasteiger partial charge is 0.338 e. The summed E-state index contributed by atoms with van der Waals surface area (Å²) in [6, 6.07) is 6.35. The summed E-state index contributed by atoms with van der Waals surface area (Å²) in [7, 11) is 0. The molecule has 94 valence electrons. The van der Waals surface area contributed by atoms with Gasteiger partial charge in [-0.05, 0) is 18.6 Å². The Morgan fingerprint density at radius 2 is 2.11 bits per heavy atom. The number of nitrogens with one attached hydrogen (secondary N) is 1. The molecule has 7 heteroatoms. The molecule has 0 fully saturated rings. The van der Waals surface area contributed by atoms with Gasteiger partial charge in [-0.1, -0.05) is 12.1 Å². The summed E-state index contributed by atoms with van der Waals surface area (Å²) in [6.45, 7) is 2.78. The molecule has 18 heavy (non-hydrogen) atoms. The molecule has 7 nitrogen and oxygen atoms in total. The molecule has 1 aromatic carbocycles. The molecular weight excluding hydrogens is 236 g/mol. The lowest BCUT2D eigenvalue weighted by atomic mass is 10.2. The quantitative estimate of drug-likeness (QED) is 0.645. The van der Waals surface area contributed by atoms with Crippen molar-refractivity contribution in [1.82, 2.24) is 10.1 Å². The molecule has 0 aliphatic carbocycles. The van der Waals surface area contributed by atoms with Gasteiger partial charge < -0.3 is 9.84 Å². The fourth-order valence-corrected chi connectivity index (χ4v) is 1.38. The Balaban J connectivity index is 2.15. The first-order chi connectivity index (χ1) is 8.70. The minimum atomic E-state index is -0.450.